The normalized spacial score (nSPS) is 20.9. The highest BCUT2D eigenvalue weighted by atomic mass is 16.7. The number of esters is 1. The maximum atomic E-state index is 13.3. The van der Waals surface area contributed by atoms with E-state index in [0.717, 1.165) is 0 Å². The topological polar surface area (TPSA) is 117 Å². The fourth-order valence-electron chi connectivity index (χ4n) is 3.39. The average Bonchev–Trinajstić information content (AvgIpc) is 2.90. The molecule has 1 heterocycles. The minimum absolute atomic E-state index is 0.0686. The zero-order valence-electron chi connectivity index (χ0n) is 22.5. The smallest absolute Gasteiger partial charge is 0.342 e. The van der Waals surface area contributed by atoms with E-state index in [1.54, 1.807) is 38.3 Å². The van der Waals surface area contributed by atoms with Crippen LogP contribution in [0.3, 0.4) is 0 Å². The number of cyclic esters (lactones) is 1. The number of ether oxygens (including phenoxy) is 9. The molecule has 0 amide bonds. The van der Waals surface area contributed by atoms with Crippen molar-refractivity contribution in [1.82, 2.24) is 0 Å². The van der Waals surface area contributed by atoms with Crippen LogP contribution in [0.25, 0.3) is 6.08 Å². The number of Topliss-reactive ketones (excluding diaryl/α,β-unsaturated/α-hetero) is 1. The average molecular weight is 537 g/mol. The SMILES string of the molecule is COCCOCOc1cc(OC)cc2c1C(=O)O[C@@H](C)CC#CC(=O)C(OCOC)[C@@H](OCOC)C/C=C/2. The largest absolute Gasteiger partial charge is 0.497 e. The monoisotopic (exact) mass is 536 g/mol. The van der Waals surface area contributed by atoms with E-state index in [0.29, 0.717) is 24.5 Å². The summed E-state index contributed by atoms with van der Waals surface area (Å²) in [5, 5.41) is 0. The van der Waals surface area contributed by atoms with Crippen molar-refractivity contribution in [3.05, 3.63) is 29.3 Å². The van der Waals surface area contributed by atoms with Crippen LogP contribution in [0.15, 0.2) is 18.2 Å². The minimum Gasteiger partial charge on any atom is -0.497 e. The van der Waals surface area contributed by atoms with Crippen LogP contribution in [-0.4, -0.2) is 92.1 Å². The Morgan fingerprint density at radius 1 is 0.974 bits per heavy atom. The van der Waals surface area contributed by atoms with Crippen LogP contribution in [0.4, 0.5) is 0 Å². The molecular weight excluding hydrogens is 500 g/mol. The van der Waals surface area contributed by atoms with Crippen LogP contribution in [0.1, 0.15) is 35.7 Å². The molecule has 1 aromatic carbocycles. The number of rotatable bonds is 13. The predicted molar refractivity (Wildman–Crippen MR) is 136 cm³/mol. The van der Waals surface area contributed by atoms with Gasteiger partial charge in [0.1, 0.15) is 36.8 Å². The van der Waals surface area contributed by atoms with Crippen molar-refractivity contribution >= 4 is 17.8 Å². The molecule has 38 heavy (non-hydrogen) atoms. The second kappa shape index (κ2) is 17.5. The second-order valence-electron chi connectivity index (χ2n) is 8.08. The quantitative estimate of drug-likeness (QED) is 0.122. The summed E-state index contributed by atoms with van der Waals surface area (Å²) in [6.07, 6.45) is 1.39. The van der Waals surface area contributed by atoms with E-state index in [4.69, 9.17) is 42.6 Å². The van der Waals surface area contributed by atoms with E-state index < -0.39 is 30.1 Å². The highest BCUT2D eigenvalue weighted by Crippen LogP contribution is 2.31. The third-order valence-electron chi connectivity index (χ3n) is 5.21. The Labute approximate surface area is 223 Å². The summed E-state index contributed by atoms with van der Waals surface area (Å²) in [6, 6.07) is 3.26. The number of carbonyl (C=O) groups excluding carboxylic acids is 2. The number of carbonyl (C=O) groups is 2. The molecule has 11 nitrogen and oxygen atoms in total. The molecule has 1 aliphatic heterocycles. The van der Waals surface area contributed by atoms with Gasteiger partial charge in [0.2, 0.25) is 5.78 Å². The van der Waals surface area contributed by atoms with Gasteiger partial charge in [-0.2, -0.15) is 0 Å². The Hall–Kier alpha value is -2.98. The number of hydrogen-bond donors (Lipinski definition) is 0. The van der Waals surface area contributed by atoms with Crippen molar-refractivity contribution < 1.29 is 52.2 Å². The Bertz CT molecular complexity index is 979. The maximum Gasteiger partial charge on any atom is 0.342 e. The number of methoxy groups -OCH3 is 4. The summed E-state index contributed by atoms with van der Waals surface area (Å²) in [4.78, 5) is 26.1. The van der Waals surface area contributed by atoms with Gasteiger partial charge in [0.15, 0.2) is 12.9 Å². The van der Waals surface area contributed by atoms with Gasteiger partial charge >= 0.3 is 5.97 Å². The molecule has 0 saturated heterocycles. The standard InChI is InChI=1S/C27H36O11/c1-19-8-6-10-22(28)26(37-17-32-4)23(35-16-31-3)11-7-9-20-14-21(33-5)15-24(25(20)27(29)38-19)36-18-34-13-12-30-2/h7,9,14-15,19,23,26H,8,11-13,16-18H2,1-5H3/b9-7+/t19-,23-,26?/m0/s1. The van der Waals surface area contributed by atoms with Gasteiger partial charge in [-0.3, -0.25) is 4.79 Å². The first-order chi connectivity index (χ1) is 18.4. The molecule has 1 aromatic rings. The maximum absolute atomic E-state index is 13.3. The Morgan fingerprint density at radius 2 is 1.74 bits per heavy atom. The van der Waals surface area contributed by atoms with Gasteiger partial charge in [0.05, 0.1) is 26.4 Å². The molecule has 0 fully saturated rings. The lowest BCUT2D eigenvalue weighted by Gasteiger charge is -2.24. The van der Waals surface area contributed by atoms with Gasteiger partial charge < -0.3 is 42.6 Å². The second-order valence-corrected chi connectivity index (χ2v) is 8.08. The molecule has 0 aromatic heterocycles. The highest BCUT2D eigenvalue weighted by Gasteiger charge is 2.29. The van der Waals surface area contributed by atoms with Crippen molar-refractivity contribution in [2.75, 3.05) is 62.0 Å². The molecule has 1 aliphatic rings. The molecule has 0 bridgehead atoms. The molecule has 0 aliphatic carbocycles. The van der Waals surface area contributed by atoms with Crippen molar-refractivity contribution in [2.45, 2.75) is 38.1 Å². The first kappa shape index (κ1) is 31.2. The van der Waals surface area contributed by atoms with Gasteiger partial charge in [-0.15, -0.1) is 0 Å². The zero-order chi connectivity index (χ0) is 27.8. The van der Waals surface area contributed by atoms with Crippen LogP contribution in [0, 0.1) is 11.8 Å². The van der Waals surface area contributed by atoms with Gasteiger partial charge in [0, 0.05) is 33.8 Å². The lowest BCUT2D eigenvalue weighted by atomic mass is 10.0. The van der Waals surface area contributed by atoms with E-state index in [1.807, 2.05) is 0 Å². The molecule has 1 unspecified atom stereocenters. The Morgan fingerprint density at radius 3 is 2.45 bits per heavy atom. The molecule has 0 spiro atoms. The molecule has 210 valence electrons. The summed E-state index contributed by atoms with van der Waals surface area (Å²) >= 11 is 0. The van der Waals surface area contributed by atoms with Crippen LogP contribution in [-0.2, 0) is 38.0 Å². The first-order valence-electron chi connectivity index (χ1n) is 12.0. The van der Waals surface area contributed by atoms with E-state index in [2.05, 4.69) is 11.8 Å². The van der Waals surface area contributed by atoms with Crippen LogP contribution in [0.2, 0.25) is 0 Å². The zero-order valence-corrected chi connectivity index (χ0v) is 22.5. The van der Waals surface area contributed by atoms with Crippen molar-refractivity contribution in [1.29, 1.82) is 0 Å². The number of ketones is 1. The molecule has 0 N–H and O–H groups in total. The van der Waals surface area contributed by atoms with Crippen LogP contribution < -0.4 is 9.47 Å². The summed E-state index contributed by atoms with van der Waals surface area (Å²) < 4.78 is 48.6. The summed E-state index contributed by atoms with van der Waals surface area (Å²) in [6.45, 7) is 2.08. The third-order valence-corrected chi connectivity index (χ3v) is 5.21. The first-order valence-corrected chi connectivity index (χ1v) is 12.0. The van der Waals surface area contributed by atoms with E-state index in [1.165, 1.54) is 21.3 Å². The lowest BCUT2D eigenvalue weighted by molar-refractivity contribution is -0.166. The summed E-state index contributed by atoms with van der Waals surface area (Å²) in [5.41, 5.74) is 0.662. The number of benzene rings is 1. The van der Waals surface area contributed by atoms with Gasteiger partial charge in [-0.05, 0) is 30.9 Å². The van der Waals surface area contributed by atoms with E-state index >= 15 is 0 Å². The van der Waals surface area contributed by atoms with Gasteiger partial charge in [-0.25, -0.2) is 4.79 Å². The highest BCUT2D eigenvalue weighted by molar-refractivity contribution is 5.99. The number of hydrogen-bond acceptors (Lipinski definition) is 11. The van der Waals surface area contributed by atoms with Crippen molar-refractivity contribution in [3.63, 3.8) is 0 Å². The molecule has 11 heteroatoms. The fraction of sp³-hybridized carbons (Fsp3) is 0.556. The number of fused-ring (bicyclic) bond motifs is 1. The van der Waals surface area contributed by atoms with Crippen LogP contribution >= 0.6 is 0 Å². The molecule has 0 saturated carbocycles. The van der Waals surface area contributed by atoms with Crippen LogP contribution in [0.5, 0.6) is 11.5 Å². The van der Waals surface area contributed by atoms with Crippen molar-refractivity contribution in [3.8, 4) is 23.3 Å². The van der Waals surface area contributed by atoms with E-state index in [9.17, 15) is 9.59 Å². The van der Waals surface area contributed by atoms with Crippen molar-refractivity contribution in [2.24, 2.45) is 0 Å². The Kier molecular flexibility index (Phi) is 14.4. The molecular formula is C27H36O11. The molecule has 3 atom stereocenters. The molecule has 0 radical (unpaired) electrons. The van der Waals surface area contributed by atoms with Gasteiger partial charge in [-0.1, -0.05) is 18.1 Å². The molecule has 2 rings (SSSR count). The summed E-state index contributed by atoms with van der Waals surface area (Å²) in [7, 11) is 6.00. The van der Waals surface area contributed by atoms with E-state index in [-0.39, 0.29) is 44.5 Å². The minimum atomic E-state index is -1.03. The summed E-state index contributed by atoms with van der Waals surface area (Å²) in [5.74, 6) is 4.90. The van der Waals surface area contributed by atoms with Gasteiger partial charge in [0.25, 0.3) is 0 Å². The Balaban J connectivity index is 2.49. The third kappa shape index (κ3) is 10.1. The predicted octanol–water partition coefficient (Wildman–Crippen LogP) is 2.60. The fourth-order valence-corrected chi connectivity index (χ4v) is 3.39. The lowest BCUT2D eigenvalue weighted by Crippen LogP contribution is -2.38.